The number of aliphatic hydroxyl groups is 1. The number of benzene rings is 2. The lowest BCUT2D eigenvalue weighted by atomic mass is 9.78. The third-order valence-electron chi connectivity index (χ3n) is 9.52. The minimum Gasteiger partial charge on any atom is -0.394 e. The summed E-state index contributed by atoms with van der Waals surface area (Å²) < 4.78 is 0.740. The predicted molar refractivity (Wildman–Crippen MR) is 167 cm³/mol. The summed E-state index contributed by atoms with van der Waals surface area (Å²) in [5.74, 6) is -2.00. The first kappa shape index (κ1) is 28.8. The number of hydrogen-bond acceptors (Lipinski definition) is 7. The van der Waals surface area contributed by atoms with E-state index in [1.54, 1.807) is 26.2 Å². The van der Waals surface area contributed by atoms with E-state index < -0.39 is 28.7 Å². The van der Waals surface area contributed by atoms with E-state index in [2.05, 4.69) is 16.4 Å². The monoisotopic (exact) mass is 612 g/mol. The number of aromatic nitrogens is 3. The van der Waals surface area contributed by atoms with Crippen molar-refractivity contribution in [1.82, 2.24) is 29.7 Å². The average molecular weight is 613 g/mol. The molecule has 1 spiro atoms. The molecule has 6 atom stereocenters. The Hall–Kier alpha value is -3.96. The van der Waals surface area contributed by atoms with E-state index in [1.807, 2.05) is 91.6 Å². The highest BCUT2D eigenvalue weighted by atomic mass is 32.2. The van der Waals surface area contributed by atoms with Gasteiger partial charge in [-0.15, -0.1) is 16.9 Å². The minimum atomic E-state index is -0.958. The van der Waals surface area contributed by atoms with Gasteiger partial charge in [0.25, 0.3) is 0 Å². The van der Waals surface area contributed by atoms with Crippen LogP contribution in [0.3, 0.4) is 0 Å². The van der Waals surface area contributed by atoms with E-state index in [0.29, 0.717) is 19.6 Å². The van der Waals surface area contributed by atoms with Crippen molar-refractivity contribution in [2.24, 2.45) is 17.8 Å². The molecule has 1 aromatic heterocycles. The molecule has 7 rings (SSSR count). The number of aliphatic hydroxyl groups excluding tert-OH is 1. The van der Waals surface area contributed by atoms with Crippen LogP contribution in [-0.2, 0) is 27.6 Å². The summed E-state index contributed by atoms with van der Waals surface area (Å²) in [6, 6.07) is 16.0. The maximum absolute atomic E-state index is 14.7. The second-order valence-corrected chi connectivity index (χ2v) is 13.9. The molecule has 2 fully saturated rings. The van der Waals surface area contributed by atoms with Crippen LogP contribution in [0.25, 0.3) is 11.0 Å². The van der Waals surface area contributed by atoms with E-state index in [0.717, 1.165) is 16.6 Å². The molecule has 2 aromatic carbocycles. The van der Waals surface area contributed by atoms with Gasteiger partial charge in [0.15, 0.2) is 0 Å². The summed E-state index contributed by atoms with van der Waals surface area (Å²) >= 11 is 1.55. The molecule has 44 heavy (non-hydrogen) atoms. The van der Waals surface area contributed by atoms with Crippen molar-refractivity contribution in [1.29, 1.82) is 0 Å². The quantitative estimate of drug-likeness (QED) is 0.409. The SMILES string of the molecule is CC(C)[C@H](CO)N1C(=O)[C@@H]2[C@@H]3C(=O)N(Cc4ccccc4)CC=C[C@@H]3S[C@@]23C=CCN(Cn2nnc4ccccc42)C(=O)C13. The van der Waals surface area contributed by atoms with Gasteiger partial charge in [-0.3, -0.25) is 14.4 Å². The third kappa shape index (κ3) is 4.47. The zero-order valence-corrected chi connectivity index (χ0v) is 25.6. The Labute approximate surface area is 260 Å². The zero-order valence-electron chi connectivity index (χ0n) is 24.8. The molecule has 228 valence electrons. The van der Waals surface area contributed by atoms with Crippen LogP contribution in [0.1, 0.15) is 19.4 Å². The molecule has 0 aliphatic carbocycles. The summed E-state index contributed by atoms with van der Waals surface area (Å²) in [4.78, 5) is 48.9. The van der Waals surface area contributed by atoms with Gasteiger partial charge < -0.3 is 19.8 Å². The van der Waals surface area contributed by atoms with Crippen LogP contribution in [0.4, 0.5) is 0 Å². The van der Waals surface area contributed by atoms with Gasteiger partial charge in [-0.05, 0) is 23.6 Å². The van der Waals surface area contributed by atoms with Crippen molar-refractivity contribution in [3.05, 3.63) is 84.5 Å². The maximum Gasteiger partial charge on any atom is 0.248 e. The second kappa shape index (κ2) is 11.2. The van der Waals surface area contributed by atoms with Gasteiger partial charge in [0.05, 0.1) is 34.7 Å². The number of thioether (sulfide) groups is 1. The number of rotatable bonds is 7. The fourth-order valence-corrected chi connectivity index (χ4v) is 9.40. The van der Waals surface area contributed by atoms with Crippen molar-refractivity contribution in [3.8, 4) is 0 Å². The fourth-order valence-electron chi connectivity index (χ4n) is 7.41. The number of carbonyl (C=O) groups excluding carboxylic acids is 3. The lowest BCUT2D eigenvalue weighted by Gasteiger charge is -2.39. The van der Waals surface area contributed by atoms with Gasteiger partial charge in [0.2, 0.25) is 17.7 Å². The van der Waals surface area contributed by atoms with Crippen molar-refractivity contribution >= 4 is 40.5 Å². The van der Waals surface area contributed by atoms with E-state index >= 15 is 0 Å². The van der Waals surface area contributed by atoms with Crippen LogP contribution in [0.5, 0.6) is 0 Å². The molecule has 1 N–H and O–H groups in total. The summed E-state index contributed by atoms with van der Waals surface area (Å²) in [5, 5.41) is 18.9. The van der Waals surface area contributed by atoms with Crippen LogP contribution < -0.4 is 0 Å². The lowest BCUT2D eigenvalue weighted by molar-refractivity contribution is -0.148. The fraction of sp³-hybridized carbons (Fsp3) is 0.424. The van der Waals surface area contributed by atoms with Gasteiger partial charge in [0.1, 0.15) is 18.2 Å². The molecule has 4 aliphatic heterocycles. The molecule has 5 heterocycles. The molecular weight excluding hydrogens is 576 g/mol. The number of carbonyl (C=O) groups is 3. The Balaban J connectivity index is 1.28. The normalized spacial score (nSPS) is 28.8. The standard InChI is InChI=1S/C33H36N6O4S/c1-21(2)25(19-40)39-29-32(43)37(20-38-24-13-7-6-12-23(24)34-35-38)17-9-15-33(29)28(31(39)42)27-26(44-33)14-8-16-36(30(27)41)18-22-10-4-3-5-11-22/h3-15,21,25-29,40H,16-20H2,1-2H3/t25-,26-,27+,28-,29?,33-/m0/s1. The molecule has 11 heteroatoms. The van der Waals surface area contributed by atoms with Crippen LogP contribution in [0.15, 0.2) is 78.9 Å². The zero-order chi connectivity index (χ0) is 30.6. The molecule has 3 amide bonds. The molecule has 0 bridgehead atoms. The molecule has 3 aromatic rings. The van der Waals surface area contributed by atoms with Crippen molar-refractivity contribution < 1.29 is 19.5 Å². The van der Waals surface area contributed by atoms with Gasteiger partial charge in [-0.2, -0.15) is 0 Å². The van der Waals surface area contributed by atoms with Crippen LogP contribution >= 0.6 is 11.8 Å². The number of hydrogen-bond donors (Lipinski definition) is 1. The smallest absolute Gasteiger partial charge is 0.248 e. The first-order valence-electron chi connectivity index (χ1n) is 15.2. The van der Waals surface area contributed by atoms with E-state index in [4.69, 9.17) is 0 Å². The van der Waals surface area contributed by atoms with Crippen LogP contribution in [0.2, 0.25) is 0 Å². The molecule has 10 nitrogen and oxygen atoms in total. The van der Waals surface area contributed by atoms with Crippen molar-refractivity contribution in [3.63, 3.8) is 0 Å². The van der Waals surface area contributed by atoms with E-state index in [1.165, 1.54) is 0 Å². The van der Waals surface area contributed by atoms with Crippen LogP contribution in [0, 0.1) is 17.8 Å². The molecule has 0 saturated carbocycles. The topological polar surface area (TPSA) is 112 Å². The molecule has 4 aliphatic rings. The number of likely N-dealkylation sites (tertiary alicyclic amines) is 1. The number of amides is 3. The van der Waals surface area contributed by atoms with Crippen molar-refractivity contribution in [2.75, 3.05) is 19.7 Å². The predicted octanol–water partition coefficient (Wildman–Crippen LogP) is 2.70. The average Bonchev–Trinajstić information content (AvgIpc) is 3.58. The molecular formula is C33H36N6O4S. The summed E-state index contributed by atoms with van der Waals surface area (Å²) in [5.41, 5.74) is 2.56. The Bertz CT molecular complexity index is 1660. The third-order valence-corrected chi connectivity index (χ3v) is 11.3. The van der Waals surface area contributed by atoms with Gasteiger partial charge in [-0.1, -0.05) is 85.8 Å². The summed E-state index contributed by atoms with van der Waals surface area (Å²) in [6.07, 6.45) is 8.03. The van der Waals surface area contributed by atoms with Crippen molar-refractivity contribution in [2.45, 2.75) is 49.1 Å². The highest BCUT2D eigenvalue weighted by Gasteiger charge is 2.71. The second-order valence-electron chi connectivity index (χ2n) is 12.4. The van der Waals surface area contributed by atoms with E-state index in [9.17, 15) is 19.5 Å². The van der Waals surface area contributed by atoms with Crippen LogP contribution in [-0.4, -0.2) is 94.3 Å². The number of nitrogens with zero attached hydrogens (tertiary/aromatic N) is 6. The Morgan fingerprint density at radius 1 is 0.955 bits per heavy atom. The molecule has 1 unspecified atom stereocenters. The Kier molecular flexibility index (Phi) is 7.32. The van der Waals surface area contributed by atoms with Gasteiger partial charge in [-0.25, -0.2) is 4.68 Å². The summed E-state index contributed by atoms with van der Waals surface area (Å²) in [6.45, 7) is 5.01. The summed E-state index contributed by atoms with van der Waals surface area (Å²) in [7, 11) is 0. The number of fused-ring (bicyclic) bond motifs is 3. The molecule has 2 saturated heterocycles. The highest BCUT2D eigenvalue weighted by Crippen LogP contribution is 2.61. The van der Waals surface area contributed by atoms with E-state index in [-0.39, 0.29) is 42.2 Å². The lowest BCUT2D eigenvalue weighted by Crippen LogP contribution is -2.57. The first-order valence-corrected chi connectivity index (χ1v) is 16.1. The highest BCUT2D eigenvalue weighted by molar-refractivity contribution is 8.02. The van der Waals surface area contributed by atoms with Gasteiger partial charge >= 0.3 is 0 Å². The minimum absolute atomic E-state index is 0.0756. The first-order chi connectivity index (χ1) is 21.3. The largest absolute Gasteiger partial charge is 0.394 e. The molecule has 0 radical (unpaired) electrons. The maximum atomic E-state index is 14.7. The Morgan fingerprint density at radius 3 is 2.48 bits per heavy atom. The van der Waals surface area contributed by atoms with Gasteiger partial charge in [0, 0.05) is 24.9 Å². The Morgan fingerprint density at radius 2 is 1.70 bits per heavy atom. The number of para-hydroxylation sites is 1.